The van der Waals surface area contributed by atoms with Crippen molar-refractivity contribution >= 4 is 17.6 Å². The van der Waals surface area contributed by atoms with Crippen LogP contribution in [0.3, 0.4) is 0 Å². The number of para-hydroxylation sites is 2. The first-order valence-electron chi connectivity index (χ1n) is 8.61. The molecule has 5 heteroatoms. The fourth-order valence-electron chi connectivity index (χ4n) is 2.95. The van der Waals surface area contributed by atoms with Crippen molar-refractivity contribution in [2.24, 2.45) is 5.10 Å². The van der Waals surface area contributed by atoms with Crippen molar-refractivity contribution in [2.45, 2.75) is 0 Å². The lowest BCUT2D eigenvalue weighted by Crippen LogP contribution is -2.44. The van der Waals surface area contributed by atoms with E-state index in [2.05, 4.69) is 56.3 Å². The van der Waals surface area contributed by atoms with Gasteiger partial charge in [0.25, 0.3) is 0 Å². The molecule has 0 atom stereocenters. The van der Waals surface area contributed by atoms with Crippen LogP contribution in [0.4, 0.5) is 11.4 Å². The van der Waals surface area contributed by atoms with Crippen molar-refractivity contribution in [3.63, 3.8) is 0 Å². The lowest BCUT2D eigenvalue weighted by molar-refractivity contribution is 0.271. The molecule has 3 rings (SSSR count). The summed E-state index contributed by atoms with van der Waals surface area (Å²) in [5, 5.41) is 6.77. The van der Waals surface area contributed by atoms with Gasteiger partial charge < -0.3 is 14.5 Å². The van der Waals surface area contributed by atoms with E-state index in [9.17, 15) is 0 Å². The van der Waals surface area contributed by atoms with Crippen LogP contribution in [-0.2, 0) is 0 Å². The summed E-state index contributed by atoms with van der Waals surface area (Å²) in [6.45, 7) is 3.70. The minimum Gasteiger partial charge on any atom is -0.495 e. The molecular formula is C20H26N4O. The van der Waals surface area contributed by atoms with Crippen molar-refractivity contribution in [3.8, 4) is 5.75 Å². The van der Waals surface area contributed by atoms with E-state index in [0.29, 0.717) is 0 Å². The van der Waals surface area contributed by atoms with Gasteiger partial charge in [-0.15, -0.1) is 0 Å². The van der Waals surface area contributed by atoms with Crippen LogP contribution in [-0.4, -0.2) is 58.6 Å². The number of hydrogen-bond donors (Lipinski definition) is 0. The van der Waals surface area contributed by atoms with Crippen LogP contribution in [0.1, 0.15) is 5.56 Å². The Balaban J connectivity index is 1.57. The summed E-state index contributed by atoms with van der Waals surface area (Å²) < 4.78 is 5.47. The molecular weight excluding hydrogens is 312 g/mol. The monoisotopic (exact) mass is 338 g/mol. The molecule has 0 aliphatic carbocycles. The third kappa shape index (κ3) is 4.24. The van der Waals surface area contributed by atoms with E-state index >= 15 is 0 Å². The molecule has 0 radical (unpaired) electrons. The highest BCUT2D eigenvalue weighted by atomic mass is 16.5. The van der Waals surface area contributed by atoms with E-state index in [4.69, 9.17) is 4.74 Å². The van der Waals surface area contributed by atoms with Gasteiger partial charge in [0, 0.05) is 32.9 Å². The smallest absolute Gasteiger partial charge is 0.142 e. The van der Waals surface area contributed by atoms with E-state index in [1.807, 2.05) is 32.4 Å². The number of hydrazone groups is 1. The zero-order valence-electron chi connectivity index (χ0n) is 15.2. The van der Waals surface area contributed by atoms with E-state index in [-0.39, 0.29) is 0 Å². The second-order valence-corrected chi connectivity index (χ2v) is 6.34. The van der Waals surface area contributed by atoms with Gasteiger partial charge in [0.1, 0.15) is 5.75 Å². The molecule has 2 aromatic rings. The topological polar surface area (TPSA) is 31.3 Å². The van der Waals surface area contributed by atoms with Crippen molar-refractivity contribution in [1.29, 1.82) is 0 Å². The summed E-state index contributed by atoms with van der Waals surface area (Å²) in [6, 6.07) is 16.6. The molecule has 0 N–H and O–H groups in total. The molecule has 1 heterocycles. The summed E-state index contributed by atoms with van der Waals surface area (Å²) in [5.41, 5.74) is 3.48. The second-order valence-electron chi connectivity index (χ2n) is 6.34. The van der Waals surface area contributed by atoms with Crippen molar-refractivity contribution in [3.05, 3.63) is 54.1 Å². The predicted octanol–water partition coefficient (Wildman–Crippen LogP) is 2.92. The Morgan fingerprint density at radius 2 is 1.64 bits per heavy atom. The third-order valence-electron chi connectivity index (χ3n) is 4.46. The Bertz CT molecular complexity index is 704. The predicted molar refractivity (Wildman–Crippen MR) is 105 cm³/mol. The van der Waals surface area contributed by atoms with Crippen molar-refractivity contribution < 1.29 is 4.74 Å². The number of anilines is 2. The van der Waals surface area contributed by atoms with Gasteiger partial charge in [-0.2, -0.15) is 5.10 Å². The highest BCUT2D eigenvalue weighted by Crippen LogP contribution is 2.28. The summed E-state index contributed by atoms with van der Waals surface area (Å²) in [7, 11) is 5.82. The molecule has 1 fully saturated rings. The maximum Gasteiger partial charge on any atom is 0.142 e. The highest BCUT2D eigenvalue weighted by molar-refractivity contribution is 5.80. The molecule has 0 aromatic heterocycles. The van der Waals surface area contributed by atoms with E-state index in [1.165, 1.54) is 5.69 Å². The average molecular weight is 338 g/mol. The Labute approximate surface area is 150 Å². The van der Waals surface area contributed by atoms with Crippen LogP contribution in [0.2, 0.25) is 0 Å². The number of benzene rings is 2. The van der Waals surface area contributed by atoms with Gasteiger partial charge in [0.2, 0.25) is 0 Å². The van der Waals surface area contributed by atoms with Crippen LogP contribution >= 0.6 is 0 Å². The quantitative estimate of drug-likeness (QED) is 0.785. The first-order chi connectivity index (χ1) is 12.2. The molecule has 1 aliphatic rings. The molecule has 0 unspecified atom stereocenters. The molecule has 1 aliphatic heterocycles. The van der Waals surface area contributed by atoms with Gasteiger partial charge in [0.15, 0.2) is 0 Å². The number of rotatable bonds is 5. The first-order valence-corrected chi connectivity index (χ1v) is 8.61. The van der Waals surface area contributed by atoms with Gasteiger partial charge in [-0.05, 0) is 29.8 Å². The molecule has 0 bridgehead atoms. The molecule has 25 heavy (non-hydrogen) atoms. The SMILES string of the molecule is COc1ccccc1N1CCN(/N=C\c2ccc(N(C)C)cc2)CC1. The van der Waals surface area contributed by atoms with Gasteiger partial charge in [-0.3, -0.25) is 5.01 Å². The normalized spacial score (nSPS) is 14.8. The number of methoxy groups -OCH3 is 1. The molecule has 0 saturated carbocycles. The van der Waals surface area contributed by atoms with Gasteiger partial charge >= 0.3 is 0 Å². The molecule has 132 valence electrons. The van der Waals surface area contributed by atoms with Crippen molar-refractivity contribution in [2.75, 3.05) is 57.2 Å². The fraction of sp³-hybridized carbons (Fsp3) is 0.350. The number of ether oxygens (including phenoxy) is 1. The first kappa shape index (κ1) is 17.1. The average Bonchev–Trinajstić information content (AvgIpc) is 2.67. The largest absolute Gasteiger partial charge is 0.495 e. The Hall–Kier alpha value is -2.69. The van der Waals surface area contributed by atoms with Crippen LogP contribution in [0.15, 0.2) is 53.6 Å². The zero-order chi connectivity index (χ0) is 17.6. The Kier molecular flexibility index (Phi) is 5.43. The maximum absolute atomic E-state index is 5.47. The Morgan fingerprint density at radius 3 is 2.28 bits per heavy atom. The van der Waals surface area contributed by atoms with Gasteiger partial charge in [0.05, 0.1) is 32.1 Å². The third-order valence-corrected chi connectivity index (χ3v) is 4.46. The summed E-state index contributed by atoms with van der Waals surface area (Å²) >= 11 is 0. The second kappa shape index (κ2) is 7.92. The number of hydrogen-bond acceptors (Lipinski definition) is 5. The molecule has 1 saturated heterocycles. The van der Waals surface area contributed by atoms with E-state index < -0.39 is 0 Å². The lowest BCUT2D eigenvalue weighted by atomic mass is 10.2. The van der Waals surface area contributed by atoms with Crippen LogP contribution in [0.25, 0.3) is 0 Å². The summed E-state index contributed by atoms with van der Waals surface area (Å²) in [5.74, 6) is 0.931. The highest BCUT2D eigenvalue weighted by Gasteiger charge is 2.18. The zero-order valence-corrected chi connectivity index (χ0v) is 15.2. The molecule has 5 nitrogen and oxygen atoms in total. The standard InChI is InChI=1S/C20H26N4O/c1-22(2)18-10-8-17(9-11-18)16-21-24-14-12-23(13-15-24)19-6-4-5-7-20(19)25-3/h4-11,16H,12-15H2,1-3H3/b21-16-. The fourth-order valence-corrected chi connectivity index (χ4v) is 2.95. The van der Waals surface area contributed by atoms with Gasteiger partial charge in [-0.1, -0.05) is 24.3 Å². The Morgan fingerprint density at radius 1 is 0.960 bits per heavy atom. The number of nitrogens with zero attached hydrogens (tertiary/aromatic N) is 4. The van der Waals surface area contributed by atoms with Crippen molar-refractivity contribution in [1.82, 2.24) is 5.01 Å². The molecule has 2 aromatic carbocycles. The molecule has 0 amide bonds. The van der Waals surface area contributed by atoms with E-state index in [0.717, 1.165) is 43.2 Å². The van der Waals surface area contributed by atoms with Gasteiger partial charge in [-0.25, -0.2) is 0 Å². The summed E-state index contributed by atoms with van der Waals surface area (Å²) in [6.07, 6.45) is 1.94. The van der Waals surface area contributed by atoms with Crippen LogP contribution < -0.4 is 14.5 Å². The van der Waals surface area contributed by atoms with Crippen LogP contribution in [0.5, 0.6) is 5.75 Å². The maximum atomic E-state index is 5.47. The number of piperazine rings is 1. The minimum absolute atomic E-state index is 0.907. The lowest BCUT2D eigenvalue weighted by Gasteiger charge is -2.35. The van der Waals surface area contributed by atoms with E-state index in [1.54, 1.807) is 7.11 Å². The van der Waals surface area contributed by atoms with Crippen LogP contribution in [0, 0.1) is 0 Å². The minimum atomic E-state index is 0.907. The summed E-state index contributed by atoms with van der Waals surface area (Å²) in [4.78, 5) is 4.45. The molecule has 0 spiro atoms.